The van der Waals surface area contributed by atoms with Crippen LogP contribution in [-0.2, 0) is 22.7 Å². The Morgan fingerprint density at radius 1 is 0.867 bits per heavy atom. The second kappa shape index (κ2) is 9.78. The summed E-state index contributed by atoms with van der Waals surface area (Å²) in [5.41, 5.74) is 2.10. The number of benzene rings is 3. The third kappa shape index (κ3) is 4.83. The molecule has 154 valence electrons. The Morgan fingerprint density at radius 3 is 2.40 bits per heavy atom. The van der Waals surface area contributed by atoms with Gasteiger partial charge in [-0.15, -0.1) is 0 Å². The monoisotopic (exact) mass is 421 g/mol. The second-order valence-corrected chi connectivity index (χ2v) is 7.97. The minimum Gasteiger partial charge on any atom is -0.493 e. The van der Waals surface area contributed by atoms with Crippen molar-refractivity contribution in [2.75, 3.05) is 19.0 Å². The van der Waals surface area contributed by atoms with Crippen LogP contribution in [0.1, 0.15) is 17.5 Å². The third-order valence-electron chi connectivity index (χ3n) is 4.95. The van der Waals surface area contributed by atoms with Crippen LogP contribution in [0.5, 0.6) is 5.75 Å². The van der Waals surface area contributed by atoms with Gasteiger partial charge in [-0.2, -0.15) is 0 Å². The smallest absolute Gasteiger partial charge is 0.289 e. The maximum atomic E-state index is 12.0. The van der Waals surface area contributed by atoms with E-state index in [9.17, 15) is 9.59 Å². The van der Waals surface area contributed by atoms with Gasteiger partial charge >= 0.3 is 0 Å². The van der Waals surface area contributed by atoms with E-state index in [0.717, 1.165) is 45.8 Å². The quantitative estimate of drug-likeness (QED) is 0.454. The predicted molar refractivity (Wildman–Crippen MR) is 119 cm³/mol. The first-order valence-corrected chi connectivity index (χ1v) is 10.9. The largest absolute Gasteiger partial charge is 0.493 e. The molecule has 1 fully saturated rings. The van der Waals surface area contributed by atoms with Gasteiger partial charge in [-0.3, -0.25) is 14.5 Å². The number of amides is 2. The van der Waals surface area contributed by atoms with Gasteiger partial charge in [-0.05, 0) is 22.6 Å². The number of nitrogens with zero attached hydrogens (tertiary/aromatic N) is 1. The van der Waals surface area contributed by atoms with Crippen molar-refractivity contribution in [2.45, 2.75) is 19.6 Å². The molecule has 5 nitrogen and oxygen atoms in total. The van der Waals surface area contributed by atoms with E-state index in [4.69, 9.17) is 9.47 Å². The molecular formula is C24H23NO4S. The summed E-state index contributed by atoms with van der Waals surface area (Å²) in [6, 6.07) is 21.9. The van der Waals surface area contributed by atoms with Gasteiger partial charge in [0.05, 0.1) is 32.1 Å². The molecule has 4 rings (SSSR count). The van der Waals surface area contributed by atoms with E-state index in [-0.39, 0.29) is 16.9 Å². The number of ether oxygens (including phenoxy) is 2. The van der Waals surface area contributed by atoms with Crippen molar-refractivity contribution >= 4 is 33.7 Å². The van der Waals surface area contributed by atoms with Crippen molar-refractivity contribution in [3.05, 3.63) is 77.9 Å². The van der Waals surface area contributed by atoms with Crippen LogP contribution in [0.3, 0.4) is 0 Å². The molecule has 0 saturated carbocycles. The summed E-state index contributed by atoms with van der Waals surface area (Å²) >= 11 is 1.06. The van der Waals surface area contributed by atoms with Crippen LogP contribution >= 0.6 is 11.8 Å². The number of hydrogen-bond acceptors (Lipinski definition) is 5. The predicted octanol–water partition coefficient (Wildman–Crippen LogP) is 5.02. The Bertz CT molecular complexity index is 1020. The van der Waals surface area contributed by atoms with Gasteiger partial charge in [0.25, 0.3) is 5.24 Å². The number of thioether (sulfide) groups is 1. The summed E-state index contributed by atoms with van der Waals surface area (Å²) in [7, 11) is 0. The molecule has 2 amide bonds. The van der Waals surface area contributed by atoms with Crippen molar-refractivity contribution in [2.24, 2.45) is 0 Å². The summed E-state index contributed by atoms with van der Waals surface area (Å²) in [4.78, 5) is 25.2. The molecule has 30 heavy (non-hydrogen) atoms. The zero-order chi connectivity index (χ0) is 20.8. The van der Waals surface area contributed by atoms with Crippen molar-refractivity contribution in [3.8, 4) is 5.75 Å². The van der Waals surface area contributed by atoms with Crippen LogP contribution in [0.15, 0.2) is 66.7 Å². The molecule has 0 aliphatic carbocycles. The molecule has 1 aliphatic heterocycles. The van der Waals surface area contributed by atoms with E-state index < -0.39 is 0 Å². The van der Waals surface area contributed by atoms with Crippen molar-refractivity contribution in [1.82, 2.24) is 4.90 Å². The fourth-order valence-electron chi connectivity index (χ4n) is 3.41. The number of hydrogen-bond donors (Lipinski definition) is 0. The van der Waals surface area contributed by atoms with Crippen LogP contribution in [0.4, 0.5) is 4.79 Å². The summed E-state index contributed by atoms with van der Waals surface area (Å²) in [6.07, 6.45) is 0.789. The molecule has 0 bridgehead atoms. The molecule has 1 heterocycles. The molecule has 1 saturated heterocycles. The summed E-state index contributed by atoms with van der Waals surface area (Å²) in [5.74, 6) is 0.889. The summed E-state index contributed by atoms with van der Waals surface area (Å²) < 4.78 is 11.7. The highest BCUT2D eigenvalue weighted by Gasteiger charge is 2.30. The van der Waals surface area contributed by atoms with Gasteiger partial charge in [0.1, 0.15) is 5.75 Å². The molecule has 0 atom stereocenters. The van der Waals surface area contributed by atoms with Gasteiger partial charge in [-0.1, -0.05) is 72.4 Å². The fraction of sp³-hybridized carbons (Fsp3) is 0.250. The molecule has 0 radical (unpaired) electrons. The fourth-order valence-corrected chi connectivity index (χ4v) is 4.13. The van der Waals surface area contributed by atoms with Crippen LogP contribution < -0.4 is 4.74 Å². The first kappa shape index (κ1) is 20.4. The van der Waals surface area contributed by atoms with E-state index in [2.05, 4.69) is 0 Å². The lowest BCUT2D eigenvalue weighted by atomic mass is 10.0. The topological polar surface area (TPSA) is 55.8 Å². The van der Waals surface area contributed by atoms with E-state index >= 15 is 0 Å². The third-order valence-corrected chi connectivity index (χ3v) is 5.80. The van der Waals surface area contributed by atoms with E-state index in [0.29, 0.717) is 26.4 Å². The zero-order valence-electron chi connectivity index (χ0n) is 16.6. The molecule has 1 aliphatic rings. The van der Waals surface area contributed by atoms with Gasteiger partial charge < -0.3 is 9.47 Å². The second-order valence-electron chi connectivity index (χ2n) is 7.04. The van der Waals surface area contributed by atoms with Crippen molar-refractivity contribution in [1.29, 1.82) is 0 Å². The van der Waals surface area contributed by atoms with Gasteiger partial charge in [-0.25, -0.2) is 0 Å². The SMILES string of the molecule is O=C1CSC(=O)N1Cc1ccc(OCCCOCc2ccccc2)c2ccccc12. The number of fused-ring (bicyclic) bond motifs is 1. The summed E-state index contributed by atoms with van der Waals surface area (Å²) in [6.45, 7) is 2.07. The standard InChI is InChI=1S/C24H23NO4S/c26-23-17-30-24(27)25(23)15-19-11-12-22(21-10-5-4-9-20(19)21)29-14-6-13-28-16-18-7-2-1-3-8-18/h1-5,7-12H,6,13-17H2. The number of rotatable bonds is 9. The lowest BCUT2D eigenvalue weighted by molar-refractivity contribution is -0.124. The zero-order valence-corrected chi connectivity index (χ0v) is 17.4. The normalized spacial score (nSPS) is 13.9. The highest BCUT2D eigenvalue weighted by atomic mass is 32.2. The van der Waals surface area contributed by atoms with E-state index in [1.807, 2.05) is 66.7 Å². The Labute approximate surface area is 180 Å². The van der Waals surface area contributed by atoms with Crippen LogP contribution in [-0.4, -0.2) is 35.0 Å². The molecule has 0 N–H and O–H groups in total. The molecule has 6 heteroatoms. The molecule has 0 spiro atoms. The molecular weight excluding hydrogens is 398 g/mol. The number of carbonyl (C=O) groups is 2. The Balaban J connectivity index is 1.35. The molecule has 0 unspecified atom stereocenters. The minimum atomic E-state index is -0.181. The number of imide groups is 1. The Morgan fingerprint density at radius 2 is 1.63 bits per heavy atom. The first-order chi connectivity index (χ1) is 14.7. The molecule has 0 aromatic heterocycles. The van der Waals surface area contributed by atoms with Gasteiger partial charge in [0, 0.05) is 11.8 Å². The van der Waals surface area contributed by atoms with Crippen molar-refractivity contribution < 1.29 is 19.1 Å². The van der Waals surface area contributed by atoms with Gasteiger partial charge in [0.15, 0.2) is 0 Å². The average Bonchev–Trinajstić information content (AvgIpc) is 3.10. The van der Waals surface area contributed by atoms with E-state index in [1.54, 1.807) is 0 Å². The highest BCUT2D eigenvalue weighted by molar-refractivity contribution is 8.14. The van der Waals surface area contributed by atoms with Crippen molar-refractivity contribution in [3.63, 3.8) is 0 Å². The lowest BCUT2D eigenvalue weighted by Crippen LogP contribution is -2.28. The maximum absolute atomic E-state index is 12.0. The minimum absolute atomic E-state index is 0.134. The number of carbonyl (C=O) groups excluding carboxylic acids is 2. The first-order valence-electron chi connectivity index (χ1n) is 9.94. The van der Waals surface area contributed by atoms with E-state index in [1.165, 1.54) is 4.90 Å². The summed E-state index contributed by atoms with van der Waals surface area (Å²) in [5, 5.41) is 1.79. The average molecular weight is 422 g/mol. The maximum Gasteiger partial charge on any atom is 0.289 e. The highest BCUT2D eigenvalue weighted by Crippen LogP contribution is 2.31. The Kier molecular flexibility index (Phi) is 6.67. The molecule has 3 aromatic rings. The van der Waals surface area contributed by atoms with Crippen LogP contribution in [0.2, 0.25) is 0 Å². The molecule has 3 aromatic carbocycles. The Hall–Kier alpha value is -2.83. The van der Waals surface area contributed by atoms with Crippen LogP contribution in [0, 0.1) is 0 Å². The lowest BCUT2D eigenvalue weighted by Gasteiger charge is -2.16. The van der Waals surface area contributed by atoms with Gasteiger partial charge in [0.2, 0.25) is 5.91 Å². The van der Waals surface area contributed by atoms with Crippen LogP contribution in [0.25, 0.3) is 10.8 Å².